The van der Waals surface area contributed by atoms with E-state index in [2.05, 4.69) is 10.6 Å². The van der Waals surface area contributed by atoms with Gasteiger partial charge in [0, 0.05) is 18.7 Å². The maximum Gasteiger partial charge on any atom is 0.293 e. The predicted molar refractivity (Wildman–Crippen MR) is 76.9 cm³/mol. The van der Waals surface area contributed by atoms with Gasteiger partial charge in [-0.25, -0.2) is 0 Å². The molecule has 1 atom stereocenters. The molecule has 1 amide bonds. The summed E-state index contributed by atoms with van der Waals surface area (Å²) in [5.74, 6) is 0.282. The van der Waals surface area contributed by atoms with E-state index < -0.39 is 4.92 Å². The SMILES string of the molecule is CCNc1c(C(=O)NC(C)C2CC2)cccc1[N+](=O)[O-]. The highest BCUT2D eigenvalue weighted by Crippen LogP contribution is 2.33. The molecule has 1 aromatic carbocycles. The number of nitro groups is 1. The van der Waals surface area contributed by atoms with Crippen LogP contribution in [0, 0.1) is 16.0 Å². The van der Waals surface area contributed by atoms with E-state index in [1.807, 2.05) is 13.8 Å². The number of benzene rings is 1. The third kappa shape index (κ3) is 3.07. The van der Waals surface area contributed by atoms with Gasteiger partial charge in [-0.05, 0) is 38.7 Å². The van der Waals surface area contributed by atoms with Gasteiger partial charge in [-0.15, -0.1) is 0 Å². The second kappa shape index (κ2) is 5.90. The van der Waals surface area contributed by atoms with Gasteiger partial charge in [0.25, 0.3) is 11.6 Å². The average molecular weight is 277 g/mol. The molecular formula is C14H19N3O3. The van der Waals surface area contributed by atoms with Gasteiger partial charge < -0.3 is 10.6 Å². The van der Waals surface area contributed by atoms with Crippen LogP contribution >= 0.6 is 0 Å². The van der Waals surface area contributed by atoms with Gasteiger partial charge in [0.15, 0.2) is 0 Å². The monoisotopic (exact) mass is 277 g/mol. The molecule has 6 nitrogen and oxygen atoms in total. The molecule has 0 radical (unpaired) electrons. The molecule has 1 aliphatic rings. The lowest BCUT2D eigenvalue weighted by Crippen LogP contribution is -2.34. The summed E-state index contributed by atoms with van der Waals surface area (Å²) in [6.45, 7) is 4.33. The van der Waals surface area contributed by atoms with E-state index in [4.69, 9.17) is 0 Å². The molecule has 2 rings (SSSR count). The maximum absolute atomic E-state index is 12.3. The minimum Gasteiger partial charge on any atom is -0.379 e. The standard InChI is InChI=1S/C14H19N3O3/c1-3-15-13-11(5-4-6-12(13)17(19)20)14(18)16-9(2)10-7-8-10/h4-6,9-10,15H,3,7-8H2,1-2H3,(H,16,18). The Morgan fingerprint density at radius 3 is 2.75 bits per heavy atom. The molecule has 108 valence electrons. The summed E-state index contributed by atoms with van der Waals surface area (Å²) in [5.41, 5.74) is 0.549. The zero-order valence-electron chi connectivity index (χ0n) is 11.7. The van der Waals surface area contributed by atoms with Crippen LogP contribution in [0.15, 0.2) is 18.2 Å². The number of hydrogen-bond acceptors (Lipinski definition) is 4. The van der Waals surface area contributed by atoms with Crippen molar-refractivity contribution in [3.05, 3.63) is 33.9 Å². The Labute approximate surface area is 117 Å². The number of carbonyl (C=O) groups is 1. The summed E-state index contributed by atoms with van der Waals surface area (Å²) in [5, 5.41) is 16.9. The first-order valence-corrected chi connectivity index (χ1v) is 6.86. The third-order valence-electron chi connectivity index (χ3n) is 3.53. The van der Waals surface area contributed by atoms with E-state index in [9.17, 15) is 14.9 Å². The van der Waals surface area contributed by atoms with E-state index in [0.717, 1.165) is 12.8 Å². The number of nitrogens with one attached hydrogen (secondary N) is 2. The van der Waals surface area contributed by atoms with Crippen molar-refractivity contribution in [2.75, 3.05) is 11.9 Å². The lowest BCUT2D eigenvalue weighted by atomic mass is 10.1. The fourth-order valence-corrected chi connectivity index (χ4v) is 2.24. The summed E-state index contributed by atoms with van der Waals surface area (Å²) in [4.78, 5) is 22.9. The molecule has 0 aliphatic heterocycles. The molecule has 0 aromatic heterocycles. The molecule has 1 aliphatic carbocycles. The summed E-state index contributed by atoms with van der Waals surface area (Å²) in [6.07, 6.45) is 2.27. The van der Waals surface area contributed by atoms with E-state index in [1.54, 1.807) is 6.07 Å². The van der Waals surface area contributed by atoms with E-state index >= 15 is 0 Å². The second-order valence-corrected chi connectivity index (χ2v) is 5.09. The van der Waals surface area contributed by atoms with Gasteiger partial charge in [0.05, 0.1) is 10.5 Å². The Hall–Kier alpha value is -2.11. The molecular weight excluding hydrogens is 258 g/mol. The first-order chi connectivity index (χ1) is 9.54. The fourth-order valence-electron chi connectivity index (χ4n) is 2.24. The lowest BCUT2D eigenvalue weighted by molar-refractivity contribution is -0.384. The van der Waals surface area contributed by atoms with Crippen LogP contribution in [-0.2, 0) is 0 Å². The molecule has 0 spiro atoms. The summed E-state index contributed by atoms with van der Waals surface area (Å²) >= 11 is 0. The average Bonchev–Trinajstić information content (AvgIpc) is 3.23. The first-order valence-electron chi connectivity index (χ1n) is 6.86. The van der Waals surface area contributed by atoms with Crippen molar-refractivity contribution in [1.82, 2.24) is 5.32 Å². The number of anilines is 1. The Morgan fingerprint density at radius 1 is 1.50 bits per heavy atom. The van der Waals surface area contributed by atoms with Gasteiger partial charge in [0.1, 0.15) is 5.69 Å². The van der Waals surface area contributed by atoms with Crippen molar-refractivity contribution in [2.45, 2.75) is 32.7 Å². The molecule has 1 saturated carbocycles. The minimum atomic E-state index is -0.473. The van der Waals surface area contributed by atoms with Crippen molar-refractivity contribution in [3.63, 3.8) is 0 Å². The number of nitro benzene ring substituents is 1. The highest BCUT2D eigenvalue weighted by atomic mass is 16.6. The van der Waals surface area contributed by atoms with Crippen molar-refractivity contribution in [2.24, 2.45) is 5.92 Å². The summed E-state index contributed by atoms with van der Waals surface area (Å²) in [7, 11) is 0. The van der Waals surface area contributed by atoms with Crippen LogP contribution in [-0.4, -0.2) is 23.4 Å². The van der Waals surface area contributed by atoms with Crippen molar-refractivity contribution < 1.29 is 9.72 Å². The van der Waals surface area contributed by atoms with Crippen molar-refractivity contribution >= 4 is 17.3 Å². The van der Waals surface area contributed by atoms with Crippen LogP contribution in [0.4, 0.5) is 11.4 Å². The Bertz CT molecular complexity index is 526. The second-order valence-electron chi connectivity index (χ2n) is 5.09. The van der Waals surface area contributed by atoms with Crippen molar-refractivity contribution in [3.8, 4) is 0 Å². The van der Waals surface area contributed by atoms with Crippen LogP contribution < -0.4 is 10.6 Å². The summed E-state index contributed by atoms with van der Waals surface area (Å²) in [6, 6.07) is 4.66. The summed E-state index contributed by atoms with van der Waals surface area (Å²) < 4.78 is 0. The number of para-hydroxylation sites is 1. The molecule has 1 aromatic rings. The third-order valence-corrected chi connectivity index (χ3v) is 3.53. The highest BCUT2D eigenvalue weighted by molar-refractivity contribution is 6.01. The van der Waals surface area contributed by atoms with E-state index in [0.29, 0.717) is 23.7 Å². The zero-order valence-corrected chi connectivity index (χ0v) is 11.7. The van der Waals surface area contributed by atoms with Gasteiger partial charge >= 0.3 is 0 Å². The molecule has 2 N–H and O–H groups in total. The molecule has 0 saturated heterocycles. The topological polar surface area (TPSA) is 84.3 Å². The Balaban J connectivity index is 2.26. The molecule has 1 unspecified atom stereocenters. The fraction of sp³-hybridized carbons (Fsp3) is 0.500. The van der Waals surface area contributed by atoms with E-state index in [-0.39, 0.29) is 17.6 Å². The first kappa shape index (κ1) is 14.3. The highest BCUT2D eigenvalue weighted by Gasteiger charge is 2.30. The number of amides is 1. The molecule has 0 heterocycles. The predicted octanol–water partition coefficient (Wildman–Crippen LogP) is 2.55. The Kier molecular flexibility index (Phi) is 4.22. The largest absolute Gasteiger partial charge is 0.379 e. The van der Waals surface area contributed by atoms with Crippen LogP contribution in [0.2, 0.25) is 0 Å². The maximum atomic E-state index is 12.3. The van der Waals surface area contributed by atoms with E-state index in [1.165, 1.54) is 12.1 Å². The smallest absolute Gasteiger partial charge is 0.293 e. The van der Waals surface area contributed by atoms with Crippen LogP contribution in [0.1, 0.15) is 37.0 Å². The molecule has 20 heavy (non-hydrogen) atoms. The molecule has 0 bridgehead atoms. The van der Waals surface area contributed by atoms with Gasteiger partial charge in [-0.3, -0.25) is 14.9 Å². The molecule has 6 heteroatoms. The normalized spacial score (nSPS) is 15.5. The quantitative estimate of drug-likeness (QED) is 0.618. The number of rotatable bonds is 6. The zero-order chi connectivity index (χ0) is 14.7. The van der Waals surface area contributed by atoms with Gasteiger partial charge in [-0.2, -0.15) is 0 Å². The van der Waals surface area contributed by atoms with Crippen LogP contribution in [0.5, 0.6) is 0 Å². The lowest BCUT2D eigenvalue weighted by Gasteiger charge is -2.15. The number of nitrogens with zero attached hydrogens (tertiary/aromatic N) is 1. The van der Waals surface area contributed by atoms with Crippen molar-refractivity contribution in [1.29, 1.82) is 0 Å². The number of carbonyl (C=O) groups excluding carboxylic acids is 1. The number of hydrogen-bond donors (Lipinski definition) is 2. The van der Waals surface area contributed by atoms with Gasteiger partial charge in [-0.1, -0.05) is 6.07 Å². The van der Waals surface area contributed by atoms with Crippen LogP contribution in [0.3, 0.4) is 0 Å². The Morgan fingerprint density at radius 2 is 2.20 bits per heavy atom. The minimum absolute atomic E-state index is 0.0708. The van der Waals surface area contributed by atoms with Gasteiger partial charge in [0.2, 0.25) is 0 Å². The van der Waals surface area contributed by atoms with Crippen LogP contribution in [0.25, 0.3) is 0 Å². The molecule has 1 fully saturated rings.